The summed E-state index contributed by atoms with van der Waals surface area (Å²) in [7, 11) is 0. The third kappa shape index (κ3) is 4.43. The largest absolute Gasteiger partial charge is 0.378 e. The summed E-state index contributed by atoms with van der Waals surface area (Å²) < 4.78 is 5.47. The lowest BCUT2D eigenvalue weighted by molar-refractivity contribution is 0.0943. The van der Waals surface area contributed by atoms with E-state index in [1.54, 1.807) is 6.20 Å². The number of carbonyl (C=O) groups is 1. The average Bonchev–Trinajstić information content (AvgIpc) is 3.30. The first kappa shape index (κ1) is 23.9. The predicted molar refractivity (Wildman–Crippen MR) is 156 cm³/mol. The minimum atomic E-state index is -0.241. The van der Waals surface area contributed by atoms with Crippen LogP contribution in [0.25, 0.3) is 23.3 Å². The SMILES string of the molecule is O=C(c1ccc(N2CCOCC2)nc1)C1C=c2c(ccc3c2=CCc2ccccc2-3)C(C2=CC=CC=CN2)C1. The first-order valence-electron chi connectivity index (χ1n) is 13.8. The van der Waals surface area contributed by atoms with Crippen LogP contribution in [0.2, 0.25) is 0 Å². The van der Waals surface area contributed by atoms with Crippen molar-refractivity contribution in [3.63, 3.8) is 0 Å². The van der Waals surface area contributed by atoms with E-state index in [4.69, 9.17) is 4.74 Å². The Morgan fingerprint density at radius 2 is 1.85 bits per heavy atom. The van der Waals surface area contributed by atoms with Gasteiger partial charge in [0.05, 0.1) is 13.2 Å². The molecule has 2 atom stereocenters. The van der Waals surface area contributed by atoms with Gasteiger partial charge in [0.1, 0.15) is 5.82 Å². The van der Waals surface area contributed by atoms with E-state index >= 15 is 0 Å². The smallest absolute Gasteiger partial charge is 0.171 e. The topological polar surface area (TPSA) is 54.5 Å². The number of Topliss-reactive ketones (excluding diaryl/α,β-unsaturated/α-hetero) is 1. The van der Waals surface area contributed by atoms with Crippen LogP contribution in [-0.4, -0.2) is 37.1 Å². The monoisotopic (exact) mass is 513 g/mol. The molecule has 1 saturated heterocycles. The Morgan fingerprint density at radius 1 is 0.949 bits per heavy atom. The second-order valence-electron chi connectivity index (χ2n) is 10.5. The molecule has 0 saturated carbocycles. The summed E-state index contributed by atoms with van der Waals surface area (Å²) in [5.41, 5.74) is 6.94. The summed E-state index contributed by atoms with van der Waals surface area (Å²) in [6.07, 6.45) is 18.1. The van der Waals surface area contributed by atoms with Crippen LogP contribution in [0.4, 0.5) is 5.82 Å². The number of morpholine rings is 1. The number of allylic oxidation sites excluding steroid dienone is 5. The normalized spacial score (nSPS) is 21.2. The molecular formula is C34H31N3O2. The molecule has 0 bridgehead atoms. The maximum absolute atomic E-state index is 14.0. The number of carbonyl (C=O) groups excluding carboxylic acids is 1. The van der Waals surface area contributed by atoms with E-state index in [1.807, 2.05) is 30.5 Å². The highest BCUT2D eigenvalue weighted by Crippen LogP contribution is 2.35. The summed E-state index contributed by atoms with van der Waals surface area (Å²) >= 11 is 0. The lowest BCUT2D eigenvalue weighted by Gasteiger charge is -2.30. The third-order valence-electron chi connectivity index (χ3n) is 8.31. The summed E-state index contributed by atoms with van der Waals surface area (Å²) in [5.74, 6) is 0.873. The highest BCUT2D eigenvalue weighted by molar-refractivity contribution is 6.01. The molecule has 4 aliphatic rings. The number of aromatic nitrogens is 1. The van der Waals surface area contributed by atoms with E-state index in [0.717, 1.165) is 31.0 Å². The van der Waals surface area contributed by atoms with Crippen molar-refractivity contribution in [1.82, 2.24) is 10.3 Å². The van der Waals surface area contributed by atoms with Gasteiger partial charge in [-0.25, -0.2) is 4.98 Å². The fraction of sp³-hybridized carbons (Fsp3) is 0.235. The number of ether oxygens (including phenoxy) is 1. The van der Waals surface area contributed by atoms with Gasteiger partial charge in [0.25, 0.3) is 0 Å². The lowest BCUT2D eigenvalue weighted by Crippen LogP contribution is -2.40. The fourth-order valence-corrected chi connectivity index (χ4v) is 6.31. The van der Waals surface area contributed by atoms with Crippen molar-refractivity contribution in [3.8, 4) is 11.1 Å². The zero-order chi connectivity index (χ0) is 26.2. The first-order chi connectivity index (χ1) is 19.3. The van der Waals surface area contributed by atoms with Gasteiger partial charge in [0, 0.05) is 48.6 Å². The second-order valence-corrected chi connectivity index (χ2v) is 10.5. The van der Waals surface area contributed by atoms with Gasteiger partial charge in [-0.3, -0.25) is 4.79 Å². The second kappa shape index (κ2) is 10.2. The van der Waals surface area contributed by atoms with Crippen molar-refractivity contribution in [2.24, 2.45) is 5.92 Å². The molecule has 0 spiro atoms. The maximum Gasteiger partial charge on any atom is 0.171 e. The number of benzene rings is 2. The molecule has 1 aromatic heterocycles. The minimum absolute atomic E-state index is 0.0859. The average molecular weight is 514 g/mol. The fourth-order valence-electron chi connectivity index (χ4n) is 6.31. The van der Waals surface area contributed by atoms with Crippen molar-refractivity contribution in [2.45, 2.75) is 18.8 Å². The molecule has 2 aliphatic heterocycles. The molecule has 1 fully saturated rings. The molecule has 1 N–H and O–H groups in total. The molecule has 5 heteroatoms. The predicted octanol–water partition coefficient (Wildman–Crippen LogP) is 4.25. The lowest BCUT2D eigenvalue weighted by atomic mass is 9.75. The number of nitrogens with one attached hydrogen (secondary N) is 1. The number of nitrogens with zero attached hydrogens (tertiary/aromatic N) is 2. The van der Waals surface area contributed by atoms with E-state index in [2.05, 4.69) is 75.9 Å². The maximum atomic E-state index is 14.0. The molecule has 3 heterocycles. The Labute approximate surface area is 228 Å². The van der Waals surface area contributed by atoms with E-state index in [-0.39, 0.29) is 17.6 Å². The minimum Gasteiger partial charge on any atom is -0.378 e. The number of hydrogen-bond acceptors (Lipinski definition) is 5. The molecule has 3 aromatic rings. The van der Waals surface area contributed by atoms with Gasteiger partial charge in [-0.1, -0.05) is 60.7 Å². The Hall–Kier alpha value is -4.22. The van der Waals surface area contributed by atoms with Crippen LogP contribution >= 0.6 is 0 Å². The van der Waals surface area contributed by atoms with E-state index in [9.17, 15) is 4.79 Å². The van der Waals surface area contributed by atoms with Gasteiger partial charge in [-0.15, -0.1) is 0 Å². The van der Waals surface area contributed by atoms with Gasteiger partial charge in [-0.05, 0) is 69.8 Å². The molecule has 2 unspecified atom stereocenters. The zero-order valence-corrected chi connectivity index (χ0v) is 21.8. The first-order valence-corrected chi connectivity index (χ1v) is 13.8. The molecule has 39 heavy (non-hydrogen) atoms. The zero-order valence-electron chi connectivity index (χ0n) is 21.8. The molecule has 5 nitrogen and oxygen atoms in total. The van der Waals surface area contributed by atoms with Crippen LogP contribution in [0, 0.1) is 5.92 Å². The number of rotatable bonds is 4. The number of pyridine rings is 1. The highest BCUT2D eigenvalue weighted by Gasteiger charge is 2.31. The van der Waals surface area contributed by atoms with E-state index in [1.165, 1.54) is 32.7 Å². The molecule has 0 radical (unpaired) electrons. The van der Waals surface area contributed by atoms with E-state index in [0.29, 0.717) is 25.2 Å². The molecule has 7 rings (SSSR count). The summed E-state index contributed by atoms with van der Waals surface area (Å²) in [5, 5.41) is 5.92. The Bertz CT molecular complexity index is 1640. The Balaban J connectivity index is 1.30. The molecular weight excluding hydrogens is 482 g/mol. The Kier molecular flexibility index (Phi) is 6.22. The summed E-state index contributed by atoms with van der Waals surface area (Å²) in [4.78, 5) is 20.9. The number of fused-ring (bicyclic) bond motifs is 5. The summed E-state index contributed by atoms with van der Waals surface area (Å²) in [6.45, 7) is 3.07. The van der Waals surface area contributed by atoms with Gasteiger partial charge in [0.2, 0.25) is 0 Å². The number of ketones is 1. The van der Waals surface area contributed by atoms with Crippen molar-refractivity contribution in [1.29, 1.82) is 0 Å². The van der Waals surface area contributed by atoms with Gasteiger partial charge in [0.15, 0.2) is 5.78 Å². The molecule has 2 aromatic carbocycles. The third-order valence-corrected chi connectivity index (χ3v) is 8.31. The van der Waals surface area contributed by atoms with Gasteiger partial charge < -0.3 is 15.0 Å². The number of hydrogen-bond donors (Lipinski definition) is 1. The van der Waals surface area contributed by atoms with Crippen LogP contribution < -0.4 is 20.7 Å². The molecule has 2 aliphatic carbocycles. The standard InChI is InChI=1S/C34H31N3O2/c38-34(24-10-14-33(36-22-24)37-16-18-39-19-17-37)25-20-30-28-11-9-23-6-3-4-7-26(23)27(28)12-13-29(30)31(21-25)32-8-2-1-5-15-35-32/h1-8,10-15,20,22,25,31,35H,9,16-19,21H2. The van der Waals surface area contributed by atoms with Crippen LogP contribution in [0.3, 0.4) is 0 Å². The molecule has 0 amide bonds. The highest BCUT2D eigenvalue weighted by atomic mass is 16.5. The van der Waals surface area contributed by atoms with E-state index < -0.39 is 0 Å². The van der Waals surface area contributed by atoms with Crippen molar-refractivity contribution >= 4 is 23.8 Å². The van der Waals surface area contributed by atoms with Crippen molar-refractivity contribution in [3.05, 3.63) is 118 Å². The van der Waals surface area contributed by atoms with Crippen molar-refractivity contribution in [2.75, 3.05) is 31.2 Å². The van der Waals surface area contributed by atoms with Gasteiger partial charge >= 0.3 is 0 Å². The van der Waals surface area contributed by atoms with Crippen LogP contribution in [0.5, 0.6) is 0 Å². The van der Waals surface area contributed by atoms with Crippen molar-refractivity contribution < 1.29 is 9.53 Å². The Morgan fingerprint density at radius 3 is 2.72 bits per heavy atom. The quantitative estimate of drug-likeness (QED) is 0.529. The van der Waals surface area contributed by atoms with Crippen LogP contribution in [0.1, 0.15) is 33.8 Å². The molecule has 194 valence electrons. The van der Waals surface area contributed by atoms with Gasteiger partial charge in [-0.2, -0.15) is 0 Å². The summed E-state index contributed by atoms with van der Waals surface area (Å²) in [6, 6.07) is 17.1. The van der Waals surface area contributed by atoms with Crippen LogP contribution in [-0.2, 0) is 11.2 Å². The van der Waals surface area contributed by atoms with Crippen LogP contribution in [0.15, 0.2) is 90.9 Å². The number of anilines is 1.